The smallest absolute Gasteiger partial charge is 0.0589 e. The standard InChI is InChI=1S/C14H30BrNO/c1-7-12(2)16(8-9-17-6)11-13(10-15)14(3,4)5/h12-13H,7-11H2,1-6H3. The molecule has 0 saturated carbocycles. The summed E-state index contributed by atoms with van der Waals surface area (Å²) in [5, 5.41) is 1.07. The topological polar surface area (TPSA) is 12.5 Å². The van der Waals surface area contributed by atoms with E-state index in [9.17, 15) is 0 Å². The van der Waals surface area contributed by atoms with Gasteiger partial charge in [-0.05, 0) is 24.7 Å². The van der Waals surface area contributed by atoms with Crippen molar-refractivity contribution in [2.45, 2.75) is 47.1 Å². The van der Waals surface area contributed by atoms with E-state index in [4.69, 9.17) is 4.74 Å². The number of halogens is 1. The van der Waals surface area contributed by atoms with Gasteiger partial charge in [0, 0.05) is 31.6 Å². The molecule has 0 saturated heterocycles. The van der Waals surface area contributed by atoms with Gasteiger partial charge in [-0.2, -0.15) is 0 Å². The first-order chi connectivity index (χ1) is 7.86. The molecule has 3 heteroatoms. The fourth-order valence-electron chi connectivity index (χ4n) is 1.80. The maximum atomic E-state index is 5.21. The van der Waals surface area contributed by atoms with Crippen molar-refractivity contribution in [1.29, 1.82) is 0 Å². The van der Waals surface area contributed by atoms with Crippen molar-refractivity contribution in [2.75, 3.05) is 32.1 Å². The van der Waals surface area contributed by atoms with Crippen LogP contribution in [0.15, 0.2) is 0 Å². The third-order valence-electron chi connectivity index (χ3n) is 3.66. The summed E-state index contributed by atoms with van der Waals surface area (Å²) in [6, 6.07) is 0.633. The Morgan fingerprint density at radius 3 is 2.24 bits per heavy atom. The van der Waals surface area contributed by atoms with Crippen LogP contribution in [0.5, 0.6) is 0 Å². The molecular formula is C14H30BrNO. The summed E-state index contributed by atoms with van der Waals surface area (Å²) in [6.45, 7) is 14.5. The quantitative estimate of drug-likeness (QED) is 0.633. The molecule has 0 aliphatic carbocycles. The highest BCUT2D eigenvalue weighted by molar-refractivity contribution is 9.09. The van der Waals surface area contributed by atoms with Crippen molar-refractivity contribution < 1.29 is 4.74 Å². The monoisotopic (exact) mass is 307 g/mol. The van der Waals surface area contributed by atoms with E-state index in [0.29, 0.717) is 17.4 Å². The van der Waals surface area contributed by atoms with E-state index in [-0.39, 0.29) is 0 Å². The number of alkyl halides is 1. The Morgan fingerprint density at radius 1 is 1.29 bits per heavy atom. The van der Waals surface area contributed by atoms with Crippen LogP contribution in [0.1, 0.15) is 41.0 Å². The first kappa shape index (κ1) is 17.4. The average molecular weight is 308 g/mol. The second-order valence-corrected chi connectivity index (χ2v) is 6.61. The molecule has 2 unspecified atom stereocenters. The lowest BCUT2D eigenvalue weighted by molar-refractivity contribution is 0.0905. The number of ether oxygens (including phenoxy) is 1. The molecule has 0 aromatic carbocycles. The molecule has 0 bridgehead atoms. The van der Waals surface area contributed by atoms with Gasteiger partial charge in [-0.3, -0.25) is 4.90 Å². The third-order valence-corrected chi connectivity index (χ3v) is 4.44. The van der Waals surface area contributed by atoms with Gasteiger partial charge in [0.2, 0.25) is 0 Å². The van der Waals surface area contributed by atoms with Crippen molar-refractivity contribution in [3.05, 3.63) is 0 Å². The normalized spacial score (nSPS) is 16.2. The number of methoxy groups -OCH3 is 1. The largest absolute Gasteiger partial charge is 0.383 e. The van der Waals surface area contributed by atoms with Gasteiger partial charge >= 0.3 is 0 Å². The number of rotatable bonds is 8. The van der Waals surface area contributed by atoms with Crippen LogP contribution in [0.3, 0.4) is 0 Å². The molecule has 17 heavy (non-hydrogen) atoms. The molecule has 0 aliphatic heterocycles. The van der Waals surface area contributed by atoms with E-state index in [1.165, 1.54) is 6.42 Å². The van der Waals surface area contributed by atoms with Crippen molar-refractivity contribution in [3.63, 3.8) is 0 Å². The second-order valence-electron chi connectivity index (χ2n) is 5.96. The van der Waals surface area contributed by atoms with E-state index in [1.54, 1.807) is 7.11 Å². The molecule has 0 fully saturated rings. The van der Waals surface area contributed by atoms with Crippen LogP contribution in [0, 0.1) is 11.3 Å². The Bertz CT molecular complexity index is 191. The SMILES string of the molecule is CCC(C)N(CCOC)CC(CBr)C(C)(C)C. The molecule has 0 spiro atoms. The Hall–Kier alpha value is 0.400. The fraction of sp³-hybridized carbons (Fsp3) is 1.00. The first-order valence-corrected chi connectivity index (χ1v) is 7.77. The van der Waals surface area contributed by atoms with E-state index in [2.05, 4.69) is 55.4 Å². The van der Waals surface area contributed by atoms with E-state index >= 15 is 0 Å². The Kier molecular flexibility index (Phi) is 8.69. The fourth-order valence-corrected chi connectivity index (χ4v) is 2.97. The maximum absolute atomic E-state index is 5.21. The summed E-state index contributed by atoms with van der Waals surface area (Å²) < 4.78 is 5.21. The van der Waals surface area contributed by atoms with Crippen LogP contribution in [-0.2, 0) is 4.74 Å². The van der Waals surface area contributed by atoms with Crippen molar-refractivity contribution >= 4 is 15.9 Å². The lowest BCUT2D eigenvalue weighted by Crippen LogP contribution is -2.42. The summed E-state index contributed by atoms with van der Waals surface area (Å²) >= 11 is 3.66. The number of nitrogens with zero attached hydrogens (tertiary/aromatic N) is 1. The molecule has 0 aliphatic rings. The van der Waals surface area contributed by atoms with Gasteiger partial charge in [0.05, 0.1) is 6.61 Å². The second kappa shape index (κ2) is 8.49. The highest BCUT2D eigenvalue weighted by Gasteiger charge is 2.26. The molecule has 0 aromatic rings. The molecular weight excluding hydrogens is 278 g/mol. The van der Waals surface area contributed by atoms with Gasteiger partial charge in [0.25, 0.3) is 0 Å². The third kappa shape index (κ3) is 6.78. The molecule has 0 heterocycles. The predicted octanol–water partition coefficient (Wildman–Crippen LogP) is 3.79. The molecule has 0 radical (unpaired) electrons. The zero-order valence-corrected chi connectivity index (χ0v) is 14.0. The van der Waals surface area contributed by atoms with Gasteiger partial charge in [0.1, 0.15) is 0 Å². The maximum Gasteiger partial charge on any atom is 0.0589 e. The van der Waals surface area contributed by atoms with E-state index < -0.39 is 0 Å². The molecule has 104 valence electrons. The highest BCUT2D eigenvalue weighted by Crippen LogP contribution is 2.28. The van der Waals surface area contributed by atoms with Crippen LogP contribution in [-0.4, -0.2) is 43.1 Å². The van der Waals surface area contributed by atoms with Crippen LogP contribution in [0.4, 0.5) is 0 Å². The minimum absolute atomic E-state index is 0.349. The van der Waals surface area contributed by atoms with Crippen molar-refractivity contribution in [3.8, 4) is 0 Å². The van der Waals surface area contributed by atoms with Crippen molar-refractivity contribution in [2.24, 2.45) is 11.3 Å². The Morgan fingerprint density at radius 2 is 1.88 bits per heavy atom. The van der Waals surface area contributed by atoms with Gasteiger partial charge in [0.15, 0.2) is 0 Å². The van der Waals surface area contributed by atoms with Gasteiger partial charge in [-0.1, -0.05) is 43.6 Å². The molecule has 0 rings (SSSR count). The van der Waals surface area contributed by atoms with Crippen molar-refractivity contribution in [1.82, 2.24) is 4.90 Å². The molecule has 0 N–H and O–H groups in total. The van der Waals surface area contributed by atoms with Crippen LogP contribution in [0.2, 0.25) is 0 Å². The van der Waals surface area contributed by atoms with Gasteiger partial charge in [-0.25, -0.2) is 0 Å². The lowest BCUT2D eigenvalue weighted by atomic mass is 9.81. The molecule has 2 nitrogen and oxygen atoms in total. The molecule has 0 aromatic heterocycles. The van der Waals surface area contributed by atoms with E-state index in [1.807, 2.05) is 0 Å². The van der Waals surface area contributed by atoms with Crippen LogP contribution in [0.25, 0.3) is 0 Å². The number of hydrogen-bond acceptors (Lipinski definition) is 2. The summed E-state index contributed by atoms with van der Waals surface area (Å²) in [6.07, 6.45) is 1.20. The van der Waals surface area contributed by atoms with Gasteiger partial charge in [-0.15, -0.1) is 0 Å². The van der Waals surface area contributed by atoms with E-state index in [0.717, 1.165) is 25.0 Å². The number of hydrogen-bond donors (Lipinski definition) is 0. The predicted molar refractivity (Wildman–Crippen MR) is 79.9 cm³/mol. The zero-order valence-electron chi connectivity index (χ0n) is 12.4. The van der Waals surface area contributed by atoms with Crippen LogP contribution < -0.4 is 0 Å². The van der Waals surface area contributed by atoms with Gasteiger partial charge < -0.3 is 4.74 Å². The average Bonchev–Trinajstić information content (AvgIpc) is 2.26. The summed E-state index contributed by atoms with van der Waals surface area (Å²) in [5.74, 6) is 0.674. The molecule has 0 amide bonds. The Labute approximate surface area is 116 Å². The molecule has 2 atom stereocenters. The lowest BCUT2D eigenvalue weighted by Gasteiger charge is -2.37. The van der Waals surface area contributed by atoms with Crippen LogP contribution >= 0.6 is 15.9 Å². The highest BCUT2D eigenvalue weighted by atomic mass is 79.9. The summed E-state index contributed by atoms with van der Waals surface area (Å²) in [7, 11) is 1.78. The summed E-state index contributed by atoms with van der Waals surface area (Å²) in [4.78, 5) is 2.56. The minimum Gasteiger partial charge on any atom is -0.383 e. The minimum atomic E-state index is 0.349. The first-order valence-electron chi connectivity index (χ1n) is 6.65. The summed E-state index contributed by atoms with van der Waals surface area (Å²) in [5.41, 5.74) is 0.349. The Balaban J connectivity index is 4.48. The zero-order chi connectivity index (χ0) is 13.5.